The predicted octanol–water partition coefficient (Wildman–Crippen LogP) is 5.34. The minimum Gasteiger partial charge on any atom is -0.444 e. The topological polar surface area (TPSA) is 55.8 Å². The second-order valence-corrected chi connectivity index (χ2v) is 15.0. The van der Waals surface area contributed by atoms with Crippen LogP contribution in [0.1, 0.15) is 54.4 Å². The Hall–Kier alpha value is -1.40. The molecule has 0 heterocycles. The number of ether oxygens (including phenoxy) is 1. The molecule has 5 nitrogen and oxygen atoms in total. The van der Waals surface area contributed by atoms with Gasteiger partial charge in [-0.1, -0.05) is 33.4 Å². The molecule has 0 saturated heterocycles. The maximum atomic E-state index is 12.9. The highest BCUT2D eigenvalue weighted by Crippen LogP contribution is 2.37. The number of Topliss-reactive ketones (excluding diaryl/α,β-unsaturated/α-hetero) is 1. The van der Waals surface area contributed by atoms with Crippen molar-refractivity contribution >= 4 is 20.2 Å². The molecule has 0 aromatic carbocycles. The molecular formula is C22H39NO4Si. The zero-order valence-corrected chi connectivity index (χ0v) is 20.1. The smallest absolute Gasteiger partial charge is 0.411 e. The van der Waals surface area contributed by atoms with Crippen molar-refractivity contribution in [3.8, 4) is 0 Å². The van der Waals surface area contributed by atoms with E-state index in [1.54, 1.807) is 6.08 Å². The molecular weight excluding hydrogens is 370 g/mol. The van der Waals surface area contributed by atoms with Gasteiger partial charge < -0.3 is 9.16 Å². The van der Waals surface area contributed by atoms with E-state index in [1.165, 1.54) is 4.90 Å². The first kappa shape index (κ1) is 24.6. The van der Waals surface area contributed by atoms with Crippen molar-refractivity contribution < 1.29 is 18.8 Å². The standard InChI is InChI=1S/C22H39NO4Si/c1-11-18(15-26-28(9,10)22(6,7)8)23(20(25)27-21(3,4)5)14-19(24)16(2)17-12-13-17/h11,17-18H,1-2,12-15H2,3-10H3/t18-/m0/s1. The van der Waals surface area contributed by atoms with Crippen molar-refractivity contribution in [1.82, 2.24) is 4.90 Å². The summed E-state index contributed by atoms with van der Waals surface area (Å²) in [7, 11) is -2.01. The molecule has 6 heteroatoms. The molecule has 28 heavy (non-hydrogen) atoms. The minimum absolute atomic E-state index is 0.0472. The van der Waals surface area contributed by atoms with Gasteiger partial charge in [0.15, 0.2) is 14.1 Å². The summed E-state index contributed by atoms with van der Waals surface area (Å²) in [5.74, 6) is 0.145. The van der Waals surface area contributed by atoms with Crippen molar-refractivity contribution in [1.29, 1.82) is 0 Å². The normalized spacial score (nSPS) is 16.3. The Balaban J connectivity index is 2.98. The van der Waals surface area contributed by atoms with Crippen molar-refractivity contribution in [3.63, 3.8) is 0 Å². The molecule has 0 aromatic heterocycles. The Morgan fingerprint density at radius 3 is 2.11 bits per heavy atom. The average molecular weight is 410 g/mol. The fourth-order valence-corrected chi connectivity index (χ4v) is 3.37. The van der Waals surface area contributed by atoms with Crippen LogP contribution in [-0.2, 0) is 14.0 Å². The van der Waals surface area contributed by atoms with Crippen LogP contribution in [0.4, 0.5) is 4.79 Å². The Morgan fingerprint density at radius 2 is 1.71 bits per heavy atom. The van der Waals surface area contributed by atoms with Gasteiger partial charge in [0.25, 0.3) is 0 Å². The van der Waals surface area contributed by atoms with E-state index in [0.717, 1.165) is 12.8 Å². The average Bonchev–Trinajstić information content (AvgIpc) is 3.35. The third kappa shape index (κ3) is 7.21. The fourth-order valence-electron chi connectivity index (χ4n) is 2.35. The highest BCUT2D eigenvalue weighted by molar-refractivity contribution is 6.74. The first-order valence-electron chi connectivity index (χ1n) is 10.1. The van der Waals surface area contributed by atoms with E-state index in [4.69, 9.17) is 9.16 Å². The van der Waals surface area contributed by atoms with Gasteiger partial charge >= 0.3 is 6.09 Å². The van der Waals surface area contributed by atoms with Crippen molar-refractivity contribution in [2.24, 2.45) is 5.92 Å². The zero-order chi connectivity index (χ0) is 21.9. The molecule has 0 aromatic rings. The van der Waals surface area contributed by atoms with E-state index in [0.29, 0.717) is 12.2 Å². The molecule has 1 fully saturated rings. The van der Waals surface area contributed by atoms with Gasteiger partial charge in [0.2, 0.25) is 0 Å². The minimum atomic E-state index is -2.01. The van der Waals surface area contributed by atoms with Crippen molar-refractivity contribution in [3.05, 3.63) is 24.8 Å². The van der Waals surface area contributed by atoms with Gasteiger partial charge in [0.1, 0.15) is 5.60 Å². The predicted molar refractivity (Wildman–Crippen MR) is 117 cm³/mol. The van der Waals surface area contributed by atoms with Crippen LogP contribution >= 0.6 is 0 Å². The first-order valence-corrected chi connectivity index (χ1v) is 13.0. The zero-order valence-electron chi connectivity index (χ0n) is 19.1. The summed E-state index contributed by atoms with van der Waals surface area (Å²) in [6.07, 6.45) is 3.12. The lowest BCUT2D eigenvalue weighted by atomic mass is 10.1. The van der Waals surface area contributed by atoms with Gasteiger partial charge in [-0.25, -0.2) is 4.79 Å². The molecule has 0 spiro atoms. The highest BCUT2D eigenvalue weighted by atomic mass is 28.4. The van der Waals surface area contributed by atoms with Gasteiger partial charge in [-0.05, 0) is 63.2 Å². The molecule has 0 unspecified atom stereocenters. The molecule has 1 aliphatic carbocycles. The molecule has 0 aliphatic heterocycles. The second-order valence-electron chi connectivity index (χ2n) is 10.2. The molecule has 0 radical (unpaired) electrons. The van der Waals surface area contributed by atoms with Crippen LogP contribution in [0.2, 0.25) is 18.1 Å². The van der Waals surface area contributed by atoms with Crippen LogP contribution in [0, 0.1) is 5.92 Å². The van der Waals surface area contributed by atoms with E-state index >= 15 is 0 Å². The van der Waals surface area contributed by atoms with Gasteiger partial charge in [-0.2, -0.15) is 0 Å². The number of hydrogen-bond donors (Lipinski definition) is 0. The molecule has 160 valence electrons. The van der Waals surface area contributed by atoms with Crippen molar-refractivity contribution in [2.45, 2.75) is 84.2 Å². The lowest BCUT2D eigenvalue weighted by Gasteiger charge is -2.39. The Labute approximate surface area is 172 Å². The van der Waals surface area contributed by atoms with Crippen LogP contribution in [-0.4, -0.2) is 49.9 Å². The lowest BCUT2D eigenvalue weighted by Crippen LogP contribution is -2.50. The van der Waals surface area contributed by atoms with Crippen molar-refractivity contribution in [2.75, 3.05) is 13.2 Å². The monoisotopic (exact) mass is 409 g/mol. The number of amides is 1. The Kier molecular flexibility index (Phi) is 7.87. The number of ketones is 1. The van der Waals surface area contributed by atoms with E-state index in [1.807, 2.05) is 20.8 Å². The number of carbonyl (C=O) groups excluding carboxylic acids is 2. The van der Waals surface area contributed by atoms with Crippen LogP contribution in [0.5, 0.6) is 0 Å². The van der Waals surface area contributed by atoms with Gasteiger partial charge in [0, 0.05) is 0 Å². The van der Waals surface area contributed by atoms with E-state index in [2.05, 4.69) is 47.0 Å². The summed E-state index contributed by atoms with van der Waals surface area (Å²) in [6.45, 7) is 24.3. The van der Waals surface area contributed by atoms with Crippen LogP contribution in [0.3, 0.4) is 0 Å². The highest BCUT2D eigenvalue weighted by Gasteiger charge is 2.39. The Bertz CT molecular complexity index is 609. The second kappa shape index (κ2) is 8.95. The number of carbonyl (C=O) groups is 2. The van der Waals surface area contributed by atoms with E-state index < -0.39 is 26.1 Å². The third-order valence-electron chi connectivity index (χ3n) is 5.46. The van der Waals surface area contributed by atoms with Gasteiger partial charge in [-0.3, -0.25) is 9.69 Å². The maximum absolute atomic E-state index is 12.9. The van der Waals surface area contributed by atoms with E-state index in [-0.39, 0.29) is 23.3 Å². The van der Waals surface area contributed by atoms with Gasteiger partial charge in [-0.15, -0.1) is 6.58 Å². The quantitative estimate of drug-likeness (QED) is 0.293. The van der Waals surface area contributed by atoms with Crippen LogP contribution < -0.4 is 0 Å². The summed E-state index contributed by atoms with van der Waals surface area (Å²) in [4.78, 5) is 27.0. The number of nitrogens with zero attached hydrogens (tertiary/aromatic N) is 1. The summed E-state index contributed by atoms with van der Waals surface area (Å²) in [6, 6.07) is -0.445. The lowest BCUT2D eigenvalue weighted by molar-refractivity contribution is -0.117. The van der Waals surface area contributed by atoms with Crippen LogP contribution in [0.15, 0.2) is 24.8 Å². The molecule has 1 rings (SSSR count). The SMILES string of the molecule is C=C[C@@H](CO[Si](C)(C)C(C)(C)C)N(CC(=O)C(=C)C1CC1)C(=O)OC(C)(C)C. The molecule has 1 saturated carbocycles. The fraction of sp³-hybridized carbons (Fsp3) is 0.727. The number of hydrogen-bond acceptors (Lipinski definition) is 4. The maximum Gasteiger partial charge on any atom is 0.411 e. The summed E-state index contributed by atoms with van der Waals surface area (Å²) < 4.78 is 11.8. The first-order chi connectivity index (χ1) is 12.6. The molecule has 0 bridgehead atoms. The van der Waals surface area contributed by atoms with Gasteiger partial charge in [0.05, 0.1) is 19.2 Å². The van der Waals surface area contributed by atoms with E-state index in [9.17, 15) is 9.59 Å². The Morgan fingerprint density at radius 1 is 1.18 bits per heavy atom. The molecule has 1 aliphatic rings. The summed E-state index contributed by atoms with van der Waals surface area (Å²) in [5, 5.41) is 0.0472. The van der Waals surface area contributed by atoms with Crippen LogP contribution in [0.25, 0.3) is 0 Å². The summed E-state index contributed by atoms with van der Waals surface area (Å²) >= 11 is 0. The molecule has 1 amide bonds. The molecule has 1 atom stereocenters. The third-order valence-corrected chi connectivity index (χ3v) is 9.96. The summed E-state index contributed by atoms with van der Waals surface area (Å²) in [5.41, 5.74) is -0.0561. The largest absolute Gasteiger partial charge is 0.444 e. The number of rotatable bonds is 9. The molecule has 0 N–H and O–H groups in total.